The number of phosphoric acid groups is 1. The quantitative estimate of drug-likeness (QED) is 0.397. The van der Waals surface area contributed by atoms with Crippen LogP contribution in [0.1, 0.15) is 12.8 Å². The van der Waals surface area contributed by atoms with Crippen molar-refractivity contribution in [2.24, 2.45) is 0 Å². The van der Waals surface area contributed by atoms with Crippen LogP contribution in [0.25, 0.3) is 0 Å². The molecule has 1 saturated carbocycles. The fraction of sp³-hybridized carbons (Fsp3) is 0.778. The Hall–Kier alpha value is -0.0551. The average molecular weight is 290 g/mol. The van der Waals surface area contributed by atoms with Gasteiger partial charge in [-0.25, -0.2) is 4.57 Å². The molecule has 2 heterocycles. The molecule has 96 valence electrons. The van der Waals surface area contributed by atoms with Gasteiger partial charge in [-0.05, 0) is 30.4 Å². The third-order valence-corrected chi connectivity index (χ3v) is 4.58. The molecule has 5 atom stereocenters. The highest BCUT2D eigenvalue weighted by atomic mass is 35.5. The van der Waals surface area contributed by atoms with Crippen molar-refractivity contribution >= 4 is 27.3 Å². The molecule has 9 heteroatoms. The maximum Gasteiger partial charge on any atom is 0.474 e. The summed E-state index contributed by atoms with van der Waals surface area (Å²) in [7, 11) is 1.48. The summed E-state index contributed by atoms with van der Waals surface area (Å²) in [6.45, 7) is 0. The lowest BCUT2D eigenvalue weighted by Crippen LogP contribution is -2.47. The Bertz CT molecular complexity index is 499. The number of halogens is 1. The van der Waals surface area contributed by atoms with E-state index in [1.165, 1.54) is 0 Å². The van der Waals surface area contributed by atoms with Crippen molar-refractivity contribution in [1.29, 1.82) is 0 Å². The highest BCUT2D eigenvalue weighted by Gasteiger charge is 2.71. The second kappa shape index (κ2) is 3.74. The monoisotopic (exact) mass is 290 g/mol. The fourth-order valence-corrected chi connectivity index (χ4v) is 3.75. The summed E-state index contributed by atoms with van der Waals surface area (Å²) in [5.41, 5.74) is -2.72. The van der Waals surface area contributed by atoms with Gasteiger partial charge in [0.15, 0.2) is 5.60 Å². The van der Waals surface area contributed by atoms with E-state index in [2.05, 4.69) is 11.3 Å². The second-order valence-electron chi connectivity index (χ2n) is 4.68. The highest BCUT2D eigenvalue weighted by Crippen LogP contribution is 2.63. The Kier molecular flexibility index (Phi) is 2.69. The molecule has 0 aromatic heterocycles. The largest absolute Gasteiger partial charge is 0.474 e. The van der Waals surface area contributed by atoms with E-state index in [4.69, 9.17) is 33.2 Å². The van der Waals surface area contributed by atoms with E-state index in [1.807, 2.05) is 0 Å². The van der Waals surface area contributed by atoms with Gasteiger partial charge in [-0.3, -0.25) is 9.05 Å². The van der Waals surface area contributed by atoms with Crippen molar-refractivity contribution in [2.75, 3.05) is 0 Å². The van der Waals surface area contributed by atoms with Gasteiger partial charge in [-0.1, -0.05) is 0 Å². The van der Waals surface area contributed by atoms with E-state index in [0.29, 0.717) is 12.8 Å². The summed E-state index contributed by atoms with van der Waals surface area (Å²) in [5, 5.41) is 12.2. The van der Waals surface area contributed by atoms with Gasteiger partial charge >= 0.3 is 7.82 Å². The normalized spacial score (nSPS) is 52.5. The molecule has 2 radical (unpaired) electrons. The van der Waals surface area contributed by atoms with Crippen LogP contribution in [-0.2, 0) is 18.3 Å². The molecule has 0 aromatic rings. The summed E-state index contributed by atoms with van der Waals surface area (Å²) in [6, 6.07) is -1.12. The molecular formula is C9H9BClO6P. The molecule has 0 bridgehead atoms. The van der Waals surface area contributed by atoms with Gasteiger partial charge < -0.3 is 14.7 Å². The molecule has 6 nitrogen and oxygen atoms in total. The third kappa shape index (κ3) is 1.69. The van der Waals surface area contributed by atoms with Gasteiger partial charge in [0.1, 0.15) is 20.1 Å². The number of aliphatic hydroxyl groups is 1. The van der Waals surface area contributed by atoms with Crippen LogP contribution < -0.4 is 0 Å². The second-order valence-corrected chi connectivity index (χ2v) is 6.20. The zero-order valence-corrected chi connectivity index (χ0v) is 10.7. The lowest BCUT2D eigenvalue weighted by Gasteiger charge is -2.22. The Morgan fingerprint density at radius 2 is 2.11 bits per heavy atom. The highest BCUT2D eigenvalue weighted by molar-refractivity contribution is 7.47. The minimum atomic E-state index is -4.26. The van der Waals surface area contributed by atoms with Crippen LogP contribution in [0.2, 0.25) is 0 Å². The lowest BCUT2D eigenvalue weighted by atomic mass is 9.80. The molecule has 0 amide bonds. The van der Waals surface area contributed by atoms with Crippen LogP contribution in [0.5, 0.6) is 0 Å². The Morgan fingerprint density at radius 3 is 2.67 bits per heavy atom. The number of hydrogen-bond acceptors (Lipinski definition) is 5. The molecular weight excluding hydrogens is 281 g/mol. The Morgan fingerprint density at radius 1 is 1.44 bits per heavy atom. The third-order valence-electron chi connectivity index (χ3n) is 3.46. The van der Waals surface area contributed by atoms with Crippen LogP contribution in [0.15, 0.2) is 0 Å². The lowest BCUT2D eigenvalue weighted by molar-refractivity contribution is -0.0629. The van der Waals surface area contributed by atoms with Crippen molar-refractivity contribution in [3.63, 3.8) is 0 Å². The molecule has 3 aliphatic rings. The molecule has 0 spiro atoms. The predicted octanol–water partition coefficient (Wildman–Crippen LogP) is -0.141. The van der Waals surface area contributed by atoms with Crippen LogP contribution in [-0.4, -0.2) is 47.3 Å². The van der Waals surface area contributed by atoms with E-state index in [9.17, 15) is 14.6 Å². The van der Waals surface area contributed by atoms with E-state index >= 15 is 0 Å². The SMILES string of the molecule is [B][C@@H]1O[C@H](C2(O)CC2)C2OP(=O)(O)OC21C#CCl. The zero-order valence-electron chi connectivity index (χ0n) is 9.08. The summed E-state index contributed by atoms with van der Waals surface area (Å²) in [4.78, 5) is 9.42. The van der Waals surface area contributed by atoms with Crippen LogP contribution >= 0.6 is 19.4 Å². The van der Waals surface area contributed by atoms with Gasteiger partial charge in [0.25, 0.3) is 0 Å². The first-order chi connectivity index (χ1) is 8.33. The van der Waals surface area contributed by atoms with Crippen molar-refractivity contribution in [1.82, 2.24) is 0 Å². The standard InChI is InChI=1S/C9H9BClO6P/c10-7-9(3-4-11)6(16-18(13,14)17-9)5(15-7)8(12)1-2-8/h5-7,12H,1-2H2,(H,13,14)/t5-,6?,7+,9?/m0/s1. The van der Waals surface area contributed by atoms with Gasteiger partial charge in [-0.15, -0.1) is 0 Å². The average Bonchev–Trinajstić information content (AvgIpc) is 2.87. The molecule has 3 unspecified atom stereocenters. The van der Waals surface area contributed by atoms with E-state index in [0.717, 1.165) is 0 Å². The fourth-order valence-electron chi connectivity index (χ4n) is 2.37. The number of rotatable bonds is 1. The summed E-state index contributed by atoms with van der Waals surface area (Å²) in [5.74, 6) is 2.43. The molecule has 2 saturated heterocycles. The molecule has 3 rings (SSSR count). The van der Waals surface area contributed by atoms with E-state index < -0.39 is 37.2 Å². The van der Waals surface area contributed by atoms with E-state index in [-0.39, 0.29) is 0 Å². The van der Waals surface area contributed by atoms with Crippen molar-refractivity contribution in [3.05, 3.63) is 0 Å². The minimum absolute atomic E-state index is 0.504. The number of phosphoric ester groups is 1. The topological polar surface area (TPSA) is 85.2 Å². The summed E-state index contributed by atoms with van der Waals surface area (Å²) >= 11 is 5.34. The van der Waals surface area contributed by atoms with Gasteiger partial charge in [0, 0.05) is 5.38 Å². The van der Waals surface area contributed by atoms with Crippen molar-refractivity contribution < 1.29 is 28.3 Å². The van der Waals surface area contributed by atoms with Gasteiger partial charge in [0.2, 0.25) is 0 Å². The first-order valence-electron chi connectivity index (χ1n) is 5.31. The molecule has 1 aliphatic carbocycles. The number of hydrogen-bond donors (Lipinski definition) is 2. The van der Waals surface area contributed by atoms with Crippen LogP contribution in [0, 0.1) is 11.3 Å². The maximum absolute atomic E-state index is 11.6. The molecule has 2 aliphatic heterocycles. The van der Waals surface area contributed by atoms with Gasteiger partial charge in [0.05, 0.1) is 11.6 Å². The molecule has 0 aromatic carbocycles. The predicted molar refractivity (Wildman–Crippen MR) is 60.7 cm³/mol. The molecule has 3 fully saturated rings. The zero-order chi connectivity index (χ0) is 13.2. The molecule has 18 heavy (non-hydrogen) atoms. The Balaban J connectivity index is 2.03. The smallest absolute Gasteiger partial charge is 0.387 e. The van der Waals surface area contributed by atoms with Crippen LogP contribution in [0.4, 0.5) is 0 Å². The van der Waals surface area contributed by atoms with Gasteiger partial charge in [-0.2, -0.15) is 0 Å². The first-order valence-corrected chi connectivity index (χ1v) is 7.18. The first kappa shape index (κ1) is 13.0. The summed E-state index contributed by atoms with van der Waals surface area (Å²) in [6.07, 6.45) is -0.885. The van der Waals surface area contributed by atoms with Crippen molar-refractivity contribution in [2.45, 2.75) is 42.3 Å². The summed E-state index contributed by atoms with van der Waals surface area (Å²) < 4.78 is 26.8. The number of ether oxygens (including phenoxy) is 1. The maximum atomic E-state index is 11.6. The van der Waals surface area contributed by atoms with E-state index in [1.54, 1.807) is 0 Å². The minimum Gasteiger partial charge on any atom is -0.387 e. The number of fused-ring (bicyclic) bond motifs is 1. The van der Waals surface area contributed by atoms with Crippen molar-refractivity contribution in [3.8, 4) is 11.3 Å². The molecule has 2 N–H and O–H groups in total. The Labute approximate surface area is 110 Å². The van der Waals surface area contributed by atoms with Crippen LogP contribution in [0.3, 0.4) is 0 Å².